The van der Waals surface area contributed by atoms with Crippen LogP contribution >= 0.6 is 0 Å². The molecule has 0 aromatic rings. The van der Waals surface area contributed by atoms with Gasteiger partial charge in [-0.25, -0.2) is 0 Å². The van der Waals surface area contributed by atoms with E-state index in [-0.39, 0.29) is 0 Å². The molecule has 49 atom stereocenters. The molecule has 0 aromatic heterocycles. The molecular weight excluding hydrogens is 1090 g/mol. The lowest BCUT2D eigenvalue weighted by atomic mass is 9.54. The van der Waals surface area contributed by atoms with Crippen LogP contribution in [0.2, 0.25) is 0 Å². The SMILES string of the molecule is C1=CC2CC1C1C3CC(C21)C1C2CC(C4CCCCC42)C31.C1=CC2CC1C1CC3C(CC21)C1CC3C2C3CCC(C3)C12.C1=CC2CC1C1CC3C(CC21)C1CC3C2C3CCC(C3)C12.CC.CC.CC.CC1CC2CC1C1C3CC(C4CC5C6C=CC(C6)C5CC43)C21. The maximum Gasteiger partial charge on any atom is -0.0194 e. The summed E-state index contributed by atoms with van der Waals surface area (Å²) in [6.45, 7) is 14.6. The van der Waals surface area contributed by atoms with Gasteiger partial charge in [0, 0.05) is 0 Å². The van der Waals surface area contributed by atoms with Crippen molar-refractivity contribution in [3.05, 3.63) is 48.6 Å². The van der Waals surface area contributed by atoms with Crippen molar-refractivity contribution in [2.75, 3.05) is 0 Å². The predicted octanol–water partition coefficient (Wildman–Crippen LogP) is 22.4. The van der Waals surface area contributed by atoms with Gasteiger partial charge in [0.25, 0.3) is 0 Å². The first-order valence-electron chi connectivity index (χ1n) is 43.7. The largest absolute Gasteiger partial charge is 0.0848 e. The molecule has 0 amide bonds. The zero-order valence-electron chi connectivity index (χ0n) is 59.0. The highest BCUT2D eigenvalue weighted by Crippen LogP contribution is 2.81. The quantitative estimate of drug-likeness (QED) is 0.168. The van der Waals surface area contributed by atoms with E-state index in [0.29, 0.717) is 0 Å². The Hall–Kier alpha value is -1.04. The molecule has 0 spiro atoms. The predicted molar refractivity (Wildman–Crippen MR) is 372 cm³/mol. The van der Waals surface area contributed by atoms with Crippen LogP contribution in [0, 0.1) is 290 Å². The molecule has 28 rings (SSSR count). The van der Waals surface area contributed by atoms with Crippen molar-refractivity contribution in [1.82, 2.24) is 0 Å². The number of hydrogen-bond acceptors (Lipinski definition) is 0. The van der Waals surface area contributed by atoms with Crippen LogP contribution in [0.25, 0.3) is 0 Å². The smallest absolute Gasteiger partial charge is 0.0194 e. The molecule has 24 saturated carbocycles. The highest BCUT2D eigenvalue weighted by Gasteiger charge is 2.75. The third kappa shape index (κ3) is 7.48. The molecule has 24 bridgehead atoms. The van der Waals surface area contributed by atoms with Crippen LogP contribution in [0.4, 0.5) is 0 Å². The lowest BCUT2D eigenvalue weighted by Crippen LogP contribution is -2.45. The molecule has 28 aliphatic rings. The van der Waals surface area contributed by atoms with Crippen molar-refractivity contribution in [1.29, 1.82) is 0 Å². The van der Waals surface area contributed by atoms with E-state index in [4.69, 9.17) is 0 Å². The molecule has 0 nitrogen and oxygen atoms in total. The van der Waals surface area contributed by atoms with Gasteiger partial charge in [0.15, 0.2) is 0 Å². The van der Waals surface area contributed by atoms with E-state index in [0.717, 1.165) is 107 Å². The fourth-order valence-corrected chi connectivity index (χ4v) is 40.2. The van der Waals surface area contributed by atoms with Gasteiger partial charge in [-0.05, 0) is 450 Å². The molecule has 0 N–H and O–H groups in total. The van der Waals surface area contributed by atoms with Crippen molar-refractivity contribution < 1.29 is 0 Å². The molecular formula is C91H132. The van der Waals surface area contributed by atoms with Crippen LogP contribution in [0.5, 0.6) is 0 Å². The molecule has 496 valence electrons. The summed E-state index contributed by atoms with van der Waals surface area (Å²) >= 11 is 0. The lowest BCUT2D eigenvalue weighted by Gasteiger charge is -2.50. The summed E-state index contributed by atoms with van der Waals surface area (Å²) in [5, 5.41) is 0. The topological polar surface area (TPSA) is 0 Å². The van der Waals surface area contributed by atoms with Gasteiger partial charge in [0.1, 0.15) is 0 Å². The van der Waals surface area contributed by atoms with Crippen molar-refractivity contribution >= 4 is 0 Å². The highest BCUT2D eigenvalue weighted by molar-refractivity contribution is 5.28. The average molecular weight is 1230 g/mol. The molecule has 91 heavy (non-hydrogen) atoms. The van der Waals surface area contributed by atoms with E-state index in [2.05, 4.69) is 55.5 Å². The molecule has 49 unspecified atom stereocenters. The maximum absolute atomic E-state index is 2.64. The standard InChI is InChI=1S/C22H30.3C21H28.3C2H6/c1-10-4-13-6-14(10)22-20-9-19(21(13)22)17-7-15-11-2-3-12(5-11)16(15)8-18(17)20;2*1-2-11-5-10(1)14-7-16-17(8-15(11)14)19-9-18(16)20-12-3-4-13(6-12)21(19)20;1-2-4-13-12(3-1)14-8-15(13)21-17-9-16(20(14)21)18-10-5-6-11(7-10)19(17)18;3*1-2/h2-3,10-22H,4-9H2,1H3;2*1-2,10-21H,3-9H2;5-6,10-21H,1-4,7-9H2;3*1-2H3. The van der Waals surface area contributed by atoms with Gasteiger partial charge in [-0.1, -0.05) is 110 Å². The van der Waals surface area contributed by atoms with Gasteiger partial charge in [-0.2, -0.15) is 0 Å². The Morgan fingerprint density at radius 3 is 0.758 bits per heavy atom. The van der Waals surface area contributed by atoms with Crippen molar-refractivity contribution in [2.24, 2.45) is 290 Å². The van der Waals surface area contributed by atoms with Gasteiger partial charge in [-0.3, -0.25) is 0 Å². The minimum atomic E-state index is 1.00. The average Bonchev–Trinajstić information content (AvgIpc) is 1.53. The summed E-state index contributed by atoms with van der Waals surface area (Å²) in [5.74, 6) is 56.4. The molecule has 24 fully saturated rings. The van der Waals surface area contributed by atoms with Crippen LogP contribution in [0.1, 0.15) is 222 Å². The van der Waals surface area contributed by atoms with Crippen LogP contribution < -0.4 is 0 Å². The Bertz CT molecular complexity index is 2700. The summed E-state index contributed by atoms with van der Waals surface area (Å²) < 4.78 is 0. The van der Waals surface area contributed by atoms with Gasteiger partial charge in [0.05, 0.1) is 0 Å². The first-order chi connectivity index (χ1) is 45.0. The van der Waals surface area contributed by atoms with Crippen LogP contribution in [0.15, 0.2) is 48.6 Å². The van der Waals surface area contributed by atoms with Crippen LogP contribution in [0.3, 0.4) is 0 Å². The highest BCUT2D eigenvalue weighted by atomic mass is 14.8. The molecule has 28 aliphatic carbocycles. The van der Waals surface area contributed by atoms with Crippen molar-refractivity contribution in [2.45, 2.75) is 222 Å². The summed E-state index contributed by atoms with van der Waals surface area (Å²) in [4.78, 5) is 0. The first kappa shape index (κ1) is 57.8. The van der Waals surface area contributed by atoms with Gasteiger partial charge in [0.2, 0.25) is 0 Å². The Kier molecular flexibility index (Phi) is 13.4. The fraction of sp³-hybridized carbons (Fsp3) is 0.912. The van der Waals surface area contributed by atoms with Gasteiger partial charge < -0.3 is 0 Å². The summed E-state index contributed by atoms with van der Waals surface area (Å²) in [6, 6.07) is 0. The Morgan fingerprint density at radius 2 is 0.418 bits per heavy atom. The van der Waals surface area contributed by atoms with E-state index in [1.165, 1.54) is 183 Å². The Balaban J connectivity index is 0.0000000777. The molecule has 0 saturated heterocycles. The van der Waals surface area contributed by atoms with Crippen LogP contribution in [-0.2, 0) is 0 Å². The van der Waals surface area contributed by atoms with Crippen molar-refractivity contribution in [3.63, 3.8) is 0 Å². The van der Waals surface area contributed by atoms with Crippen molar-refractivity contribution in [3.8, 4) is 0 Å². The van der Waals surface area contributed by atoms with Gasteiger partial charge >= 0.3 is 0 Å². The summed E-state index contributed by atoms with van der Waals surface area (Å²) in [7, 11) is 0. The third-order valence-electron chi connectivity index (χ3n) is 40.8. The molecule has 0 aliphatic heterocycles. The Labute approximate surface area is 557 Å². The molecule has 0 heterocycles. The molecule has 0 heteroatoms. The van der Waals surface area contributed by atoms with E-state index in [1.54, 1.807) is 173 Å². The fourth-order valence-electron chi connectivity index (χ4n) is 40.2. The van der Waals surface area contributed by atoms with E-state index in [9.17, 15) is 0 Å². The second-order valence-corrected chi connectivity index (χ2v) is 40.9. The molecule has 0 aromatic carbocycles. The van der Waals surface area contributed by atoms with E-state index < -0.39 is 0 Å². The monoisotopic (exact) mass is 1230 g/mol. The zero-order chi connectivity index (χ0) is 60.0. The summed E-state index contributed by atoms with van der Waals surface area (Å²) in [5.41, 5.74) is 0. The van der Waals surface area contributed by atoms with Gasteiger partial charge in [-0.15, -0.1) is 0 Å². The third-order valence-corrected chi connectivity index (χ3v) is 40.8. The normalized spacial score (nSPS) is 66.9. The zero-order valence-corrected chi connectivity index (χ0v) is 59.0. The van der Waals surface area contributed by atoms with E-state index in [1.807, 2.05) is 41.5 Å². The summed E-state index contributed by atoms with van der Waals surface area (Å²) in [6.07, 6.45) is 64.8. The lowest BCUT2D eigenvalue weighted by molar-refractivity contribution is -0.0174. The van der Waals surface area contributed by atoms with E-state index >= 15 is 0 Å². The van der Waals surface area contributed by atoms with Crippen LogP contribution in [-0.4, -0.2) is 0 Å². The number of hydrogen-bond donors (Lipinski definition) is 0. The second kappa shape index (κ2) is 21.0. The molecule has 0 radical (unpaired) electrons. The maximum atomic E-state index is 2.64. The second-order valence-electron chi connectivity index (χ2n) is 40.9. The number of allylic oxidation sites excluding steroid dienone is 8. The minimum absolute atomic E-state index is 1.00. The first-order valence-corrected chi connectivity index (χ1v) is 43.7. The number of rotatable bonds is 0. The Morgan fingerprint density at radius 1 is 0.165 bits per heavy atom. The number of fused-ring (bicyclic) bond motifs is 70. The minimum Gasteiger partial charge on any atom is -0.0848 e.